The van der Waals surface area contributed by atoms with Gasteiger partial charge >= 0.3 is 0 Å². The summed E-state index contributed by atoms with van der Waals surface area (Å²) in [6.45, 7) is 4.45. The van der Waals surface area contributed by atoms with Crippen LogP contribution in [0.4, 0.5) is 0 Å². The third-order valence-corrected chi connectivity index (χ3v) is 3.41. The summed E-state index contributed by atoms with van der Waals surface area (Å²) in [5, 5.41) is 16.7. The molecule has 0 fully saturated rings. The van der Waals surface area contributed by atoms with Crippen molar-refractivity contribution in [2.75, 3.05) is 6.61 Å². The lowest BCUT2D eigenvalue weighted by molar-refractivity contribution is 0.0905. The highest BCUT2D eigenvalue weighted by molar-refractivity contribution is 5.93. The minimum atomic E-state index is -0.413. The molecule has 5 heteroatoms. The third kappa shape index (κ3) is 3.49. The van der Waals surface area contributed by atoms with E-state index in [1.807, 2.05) is 44.2 Å². The van der Waals surface area contributed by atoms with Crippen molar-refractivity contribution < 1.29 is 9.90 Å². The molecule has 1 aromatic carbocycles. The van der Waals surface area contributed by atoms with E-state index in [2.05, 4.69) is 10.4 Å². The average molecular weight is 287 g/mol. The van der Waals surface area contributed by atoms with E-state index < -0.39 is 6.04 Å². The molecule has 0 aliphatic rings. The van der Waals surface area contributed by atoms with E-state index in [1.54, 1.807) is 10.7 Å². The Morgan fingerprint density at radius 2 is 2.05 bits per heavy atom. The van der Waals surface area contributed by atoms with E-state index >= 15 is 0 Å². The summed E-state index contributed by atoms with van der Waals surface area (Å²) in [6.07, 6.45) is 0.787. The number of hydrogen-bond acceptors (Lipinski definition) is 3. The van der Waals surface area contributed by atoms with Crippen molar-refractivity contribution in [2.45, 2.75) is 32.9 Å². The van der Waals surface area contributed by atoms with Gasteiger partial charge in [0, 0.05) is 6.54 Å². The van der Waals surface area contributed by atoms with Crippen LogP contribution >= 0.6 is 0 Å². The van der Waals surface area contributed by atoms with Gasteiger partial charge in [0.25, 0.3) is 5.91 Å². The molecule has 21 heavy (non-hydrogen) atoms. The quantitative estimate of drug-likeness (QED) is 0.853. The van der Waals surface area contributed by atoms with Crippen LogP contribution in [-0.2, 0) is 13.0 Å². The first-order valence-corrected chi connectivity index (χ1v) is 7.23. The van der Waals surface area contributed by atoms with E-state index in [9.17, 15) is 9.90 Å². The number of aliphatic hydroxyl groups is 1. The largest absolute Gasteiger partial charge is 0.394 e. The van der Waals surface area contributed by atoms with Gasteiger partial charge in [0.15, 0.2) is 0 Å². The predicted molar refractivity (Wildman–Crippen MR) is 81.0 cm³/mol. The number of aromatic nitrogens is 2. The van der Waals surface area contributed by atoms with Gasteiger partial charge in [-0.3, -0.25) is 9.48 Å². The summed E-state index contributed by atoms with van der Waals surface area (Å²) in [5.74, 6) is -0.216. The fourth-order valence-corrected chi connectivity index (χ4v) is 2.22. The number of carbonyl (C=O) groups is 1. The summed E-state index contributed by atoms with van der Waals surface area (Å²) in [5.41, 5.74) is 2.30. The summed E-state index contributed by atoms with van der Waals surface area (Å²) in [4.78, 5) is 12.4. The Kier molecular flexibility index (Phi) is 5.11. The normalized spacial score (nSPS) is 12.1. The molecular weight excluding hydrogens is 266 g/mol. The zero-order chi connectivity index (χ0) is 15.2. The van der Waals surface area contributed by atoms with E-state index in [-0.39, 0.29) is 12.5 Å². The first kappa shape index (κ1) is 15.3. The summed E-state index contributed by atoms with van der Waals surface area (Å²) in [7, 11) is 0. The van der Waals surface area contributed by atoms with Crippen molar-refractivity contribution in [3.05, 3.63) is 53.3 Å². The average Bonchev–Trinajstić information content (AvgIpc) is 2.96. The van der Waals surface area contributed by atoms with Crippen LogP contribution in [0.2, 0.25) is 0 Å². The molecule has 0 bridgehead atoms. The molecule has 5 nitrogen and oxygen atoms in total. The van der Waals surface area contributed by atoms with Crippen molar-refractivity contribution in [3.63, 3.8) is 0 Å². The number of amides is 1. The van der Waals surface area contributed by atoms with Gasteiger partial charge in [-0.05, 0) is 25.0 Å². The number of aryl methyl sites for hydroxylation is 2. The van der Waals surface area contributed by atoms with Crippen LogP contribution < -0.4 is 5.32 Å². The highest BCUT2D eigenvalue weighted by Crippen LogP contribution is 2.13. The van der Waals surface area contributed by atoms with E-state index in [4.69, 9.17) is 0 Å². The number of rotatable bonds is 6. The Morgan fingerprint density at radius 1 is 1.33 bits per heavy atom. The predicted octanol–water partition coefficient (Wildman–Crippen LogP) is 1.93. The van der Waals surface area contributed by atoms with Gasteiger partial charge in [0.1, 0.15) is 5.69 Å². The Morgan fingerprint density at radius 3 is 2.62 bits per heavy atom. The summed E-state index contributed by atoms with van der Waals surface area (Å²) < 4.78 is 1.69. The molecule has 1 aromatic heterocycles. The van der Waals surface area contributed by atoms with Gasteiger partial charge in [-0.1, -0.05) is 37.3 Å². The number of nitrogens with zero attached hydrogens (tertiary/aromatic N) is 2. The molecule has 2 aromatic rings. The Labute approximate surface area is 124 Å². The van der Waals surface area contributed by atoms with Gasteiger partial charge in [0.05, 0.1) is 18.3 Å². The van der Waals surface area contributed by atoms with Crippen LogP contribution in [0, 0.1) is 0 Å². The molecule has 1 amide bonds. The lowest BCUT2D eigenvalue weighted by Crippen LogP contribution is -2.32. The minimum Gasteiger partial charge on any atom is -0.394 e. The lowest BCUT2D eigenvalue weighted by Gasteiger charge is -2.16. The van der Waals surface area contributed by atoms with Gasteiger partial charge < -0.3 is 10.4 Å². The molecule has 2 rings (SSSR count). The Balaban J connectivity index is 2.18. The summed E-state index contributed by atoms with van der Waals surface area (Å²) >= 11 is 0. The van der Waals surface area contributed by atoms with Crippen molar-refractivity contribution >= 4 is 5.91 Å². The maximum Gasteiger partial charge on any atom is 0.270 e. The zero-order valence-corrected chi connectivity index (χ0v) is 12.4. The molecule has 0 radical (unpaired) electrons. The second-order valence-electron chi connectivity index (χ2n) is 4.81. The second kappa shape index (κ2) is 7.04. The number of nitrogens with one attached hydrogen (secondary N) is 1. The van der Waals surface area contributed by atoms with E-state index in [0.717, 1.165) is 17.7 Å². The van der Waals surface area contributed by atoms with Crippen LogP contribution in [0.1, 0.15) is 41.6 Å². The Hall–Kier alpha value is -2.14. The maximum atomic E-state index is 12.4. The van der Waals surface area contributed by atoms with E-state index in [1.165, 1.54) is 0 Å². The molecule has 0 saturated heterocycles. The molecule has 112 valence electrons. The number of carbonyl (C=O) groups excluding carboxylic acids is 1. The molecular formula is C16H21N3O2. The fourth-order valence-electron chi connectivity index (χ4n) is 2.22. The van der Waals surface area contributed by atoms with Crippen molar-refractivity contribution in [3.8, 4) is 0 Å². The molecule has 0 saturated carbocycles. The topological polar surface area (TPSA) is 67.2 Å². The van der Waals surface area contributed by atoms with Crippen molar-refractivity contribution in [1.82, 2.24) is 15.1 Å². The number of hydrogen-bond donors (Lipinski definition) is 2. The maximum absolute atomic E-state index is 12.4. The van der Waals surface area contributed by atoms with Gasteiger partial charge in [-0.2, -0.15) is 5.10 Å². The molecule has 2 N–H and O–H groups in total. The van der Waals surface area contributed by atoms with Gasteiger partial charge in [-0.25, -0.2) is 0 Å². The lowest BCUT2D eigenvalue weighted by atomic mass is 10.1. The van der Waals surface area contributed by atoms with Crippen LogP contribution in [0.5, 0.6) is 0 Å². The second-order valence-corrected chi connectivity index (χ2v) is 4.81. The zero-order valence-electron chi connectivity index (χ0n) is 12.4. The molecule has 1 unspecified atom stereocenters. The van der Waals surface area contributed by atoms with Crippen LogP contribution in [0.25, 0.3) is 0 Å². The summed E-state index contributed by atoms with van der Waals surface area (Å²) in [6, 6.07) is 10.8. The first-order valence-electron chi connectivity index (χ1n) is 7.23. The Bertz CT molecular complexity index is 593. The van der Waals surface area contributed by atoms with Crippen molar-refractivity contribution in [2.24, 2.45) is 0 Å². The number of benzene rings is 1. The number of aliphatic hydroxyl groups excluding tert-OH is 1. The van der Waals surface area contributed by atoms with Gasteiger partial charge in [0.2, 0.25) is 0 Å². The molecule has 1 heterocycles. The highest BCUT2D eigenvalue weighted by Gasteiger charge is 2.18. The smallest absolute Gasteiger partial charge is 0.270 e. The third-order valence-electron chi connectivity index (χ3n) is 3.41. The highest BCUT2D eigenvalue weighted by atomic mass is 16.3. The SMILES string of the molecule is CCc1cc(C(=O)NC(CO)c2ccccc2)n(CC)n1. The molecule has 1 atom stereocenters. The van der Waals surface area contributed by atoms with Gasteiger partial charge in [-0.15, -0.1) is 0 Å². The standard InChI is InChI=1S/C16H21N3O2/c1-3-13-10-15(19(4-2)18-13)16(21)17-14(11-20)12-8-6-5-7-9-12/h5-10,14,20H,3-4,11H2,1-2H3,(H,17,21). The molecule has 0 spiro atoms. The monoisotopic (exact) mass is 287 g/mol. The van der Waals surface area contributed by atoms with E-state index in [0.29, 0.717) is 12.2 Å². The minimum absolute atomic E-state index is 0.142. The van der Waals surface area contributed by atoms with Crippen molar-refractivity contribution in [1.29, 1.82) is 0 Å². The molecule has 0 aliphatic heterocycles. The first-order chi connectivity index (χ1) is 10.2. The van der Waals surface area contributed by atoms with Crippen LogP contribution in [-0.4, -0.2) is 27.4 Å². The van der Waals surface area contributed by atoms with Crippen LogP contribution in [0.3, 0.4) is 0 Å². The molecule has 0 aliphatic carbocycles. The fraction of sp³-hybridized carbons (Fsp3) is 0.375. The van der Waals surface area contributed by atoms with Crippen LogP contribution in [0.15, 0.2) is 36.4 Å².